The minimum atomic E-state index is -0.118. The Kier molecular flexibility index (Phi) is 5.82. The molecule has 1 N–H and O–H groups in total. The number of hydrogen-bond donors (Lipinski definition) is 1. The van der Waals surface area contributed by atoms with Crippen molar-refractivity contribution in [2.45, 2.75) is 41.2 Å². The van der Waals surface area contributed by atoms with E-state index in [4.69, 9.17) is 4.52 Å². The fourth-order valence-electron chi connectivity index (χ4n) is 3.34. The zero-order chi connectivity index (χ0) is 20.3. The average Bonchev–Trinajstić information content (AvgIpc) is 3.24. The van der Waals surface area contributed by atoms with Crippen LogP contribution in [0.15, 0.2) is 35.0 Å². The summed E-state index contributed by atoms with van der Waals surface area (Å²) >= 11 is 0. The normalized spacial score (nSPS) is 10.9. The van der Waals surface area contributed by atoms with Gasteiger partial charge in [0, 0.05) is 43.3 Å². The maximum atomic E-state index is 12.7. The molecular weight excluding hydrogens is 354 g/mol. The lowest BCUT2D eigenvalue weighted by Crippen LogP contribution is -2.24. The van der Waals surface area contributed by atoms with Crippen LogP contribution in [0, 0.1) is 20.8 Å². The minimum Gasteiger partial charge on any atom is -0.360 e. The van der Waals surface area contributed by atoms with Gasteiger partial charge in [-0.25, -0.2) is 4.98 Å². The van der Waals surface area contributed by atoms with Gasteiger partial charge in [-0.05, 0) is 52.3 Å². The van der Waals surface area contributed by atoms with Crippen molar-refractivity contribution in [3.05, 3.63) is 58.7 Å². The van der Waals surface area contributed by atoms with E-state index < -0.39 is 0 Å². The highest BCUT2D eigenvalue weighted by molar-refractivity contribution is 5.95. The molecule has 0 saturated heterocycles. The Morgan fingerprint density at radius 1 is 1.18 bits per heavy atom. The van der Waals surface area contributed by atoms with Crippen molar-refractivity contribution in [3.63, 3.8) is 0 Å². The number of amides is 1. The van der Waals surface area contributed by atoms with E-state index in [1.165, 1.54) is 0 Å². The van der Waals surface area contributed by atoms with Gasteiger partial charge in [-0.1, -0.05) is 11.2 Å². The molecule has 3 heterocycles. The molecule has 3 aromatic heterocycles. The van der Waals surface area contributed by atoms with Gasteiger partial charge in [0.2, 0.25) is 0 Å². The van der Waals surface area contributed by atoms with Crippen LogP contribution < -0.4 is 10.2 Å². The molecule has 3 aromatic rings. The zero-order valence-corrected chi connectivity index (χ0v) is 17.1. The first kappa shape index (κ1) is 19.7. The largest absolute Gasteiger partial charge is 0.360 e. The van der Waals surface area contributed by atoms with Crippen LogP contribution in [0.4, 0.5) is 5.82 Å². The van der Waals surface area contributed by atoms with E-state index >= 15 is 0 Å². The highest BCUT2D eigenvalue weighted by atomic mass is 16.5. The predicted octanol–water partition coefficient (Wildman–Crippen LogP) is 3.56. The number of pyridine rings is 1. The van der Waals surface area contributed by atoms with Crippen molar-refractivity contribution >= 4 is 11.7 Å². The third kappa shape index (κ3) is 3.93. The molecule has 3 rings (SSSR count). The Bertz CT molecular complexity index is 952. The molecule has 0 bridgehead atoms. The summed E-state index contributed by atoms with van der Waals surface area (Å²) in [6.07, 6.45) is 1.81. The van der Waals surface area contributed by atoms with Gasteiger partial charge >= 0.3 is 0 Å². The number of aromatic nitrogens is 3. The number of nitrogens with zero attached hydrogens (tertiary/aromatic N) is 4. The van der Waals surface area contributed by atoms with Crippen LogP contribution in [0.1, 0.15) is 46.9 Å². The molecule has 0 fully saturated rings. The fraction of sp³-hybridized carbons (Fsp3) is 0.381. The Morgan fingerprint density at radius 3 is 2.50 bits per heavy atom. The van der Waals surface area contributed by atoms with Crippen molar-refractivity contribution in [2.75, 3.05) is 18.0 Å². The molecule has 0 unspecified atom stereocenters. The second-order valence-corrected chi connectivity index (χ2v) is 6.80. The third-order valence-corrected chi connectivity index (χ3v) is 4.87. The molecule has 0 aromatic carbocycles. The third-order valence-electron chi connectivity index (χ3n) is 4.87. The minimum absolute atomic E-state index is 0.118. The highest BCUT2D eigenvalue weighted by Gasteiger charge is 2.18. The van der Waals surface area contributed by atoms with Gasteiger partial charge in [0.05, 0.1) is 5.56 Å². The quantitative estimate of drug-likeness (QED) is 0.677. The van der Waals surface area contributed by atoms with E-state index in [2.05, 4.69) is 34.2 Å². The fourth-order valence-corrected chi connectivity index (χ4v) is 3.34. The zero-order valence-electron chi connectivity index (χ0n) is 17.1. The van der Waals surface area contributed by atoms with Crippen molar-refractivity contribution < 1.29 is 9.32 Å². The average molecular weight is 381 g/mol. The second-order valence-electron chi connectivity index (χ2n) is 6.80. The molecule has 0 aliphatic rings. The number of carbonyl (C=O) groups excluding carboxylic acids is 1. The van der Waals surface area contributed by atoms with Crippen molar-refractivity contribution in [2.24, 2.45) is 0 Å². The van der Waals surface area contributed by atoms with E-state index in [1.54, 1.807) is 0 Å². The molecule has 0 radical (unpaired) electrons. The van der Waals surface area contributed by atoms with Crippen LogP contribution in [0.5, 0.6) is 0 Å². The van der Waals surface area contributed by atoms with Gasteiger partial charge in [0.1, 0.15) is 11.6 Å². The molecule has 0 aliphatic heterocycles. The summed E-state index contributed by atoms with van der Waals surface area (Å²) < 4.78 is 7.09. The van der Waals surface area contributed by atoms with E-state index in [9.17, 15) is 4.79 Å². The van der Waals surface area contributed by atoms with Crippen molar-refractivity contribution in [1.29, 1.82) is 0 Å². The lowest BCUT2D eigenvalue weighted by molar-refractivity contribution is 0.0950. The molecule has 7 nitrogen and oxygen atoms in total. The number of nitrogens with one attached hydrogen (secondary N) is 1. The van der Waals surface area contributed by atoms with Crippen LogP contribution in [0.2, 0.25) is 0 Å². The Labute approximate surface area is 165 Å². The van der Waals surface area contributed by atoms with E-state index in [0.29, 0.717) is 17.9 Å². The first-order valence-electron chi connectivity index (χ1n) is 9.55. The van der Waals surface area contributed by atoms with E-state index in [-0.39, 0.29) is 5.91 Å². The summed E-state index contributed by atoms with van der Waals surface area (Å²) in [5.41, 5.74) is 3.36. The summed E-state index contributed by atoms with van der Waals surface area (Å²) in [7, 11) is 0. The predicted molar refractivity (Wildman–Crippen MR) is 109 cm³/mol. The molecule has 0 atom stereocenters. The molecular formula is C21H27N5O2. The van der Waals surface area contributed by atoms with Gasteiger partial charge < -0.3 is 14.7 Å². The van der Waals surface area contributed by atoms with Gasteiger partial charge in [-0.2, -0.15) is 0 Å². The van der Waals surface area contributed by atoms with Gasteiger partial charge in [-0.15, -0.1) is 0 Å². The first-order chi connectivity index (χ1) is 13.4. The number of carbonyl (C=O) groups is 1. The number of aryl methyl sites for hydroxylation is 2. The van der Waals surface area contributed by atoms with E-state index in [1.807, 2.05) is 55.8 Å². The molecule has 1 amide bonds. The van der Waals surface area contributed by atoms with Crippen molar-refractivity contribution in [3.8, 4) is 5.82 Å². The summed E-state index contributed by atoms with van der Waals surface area (Å²) in [4.78, 5) is 19.4. The summed E-state index contributed by atoms with van der Waals surface area (Å²) in [6, 6.07) is 7.72. The SMILES string of the molecule is CCN(CC)c1ccc(CNC(=O)c2cc(C)n(-c3cc(C)on3)c2C)cn1. The Morgan fingerprint density at radius 2 is 1.93 bits per heavy atom. The molecule has 148 valence electrons. The van der Waals surface area contributed by atoms with Crippen LogP contribution in [-0.4, -0.2) is 33.7 Å². The smallest absolute Gasteiger partial charge is 0.253 e. The maximum absolute atomic E-state index is 12.7. The lowest BCUT2D eigenvalue weighted by Gasteiger charge is -2.19. The standard InChI is InChI=1S/C21H27N5O2/c1-6-25(7-2)19-9-8-17(12-22-19)13-23-21(27)18-10-14(3)26(16(18)5)20-11-15(4)28-24-20/h8-12H,6-7,13H2,1-5H3,(H,23,27). The number of rotatable bonds is 7. The molecule has 0 saturated carbocycles. The highest BCUT2D eigenvalue weighted by Crippen LogP contribution is 2.21. The molecule has 28 heavy (non-hydrogen) atoms. The van der Waals surface area contributed by atoms with Gasteiger partial charge in [-0.3, -0.25) is 9.36 Å². The number of anilines is 1. The maximum Gasteiger partial charge on any atom is 0.253 e. The van der Waals surface area contributed by atoms with Crippen LogP contribution in [0.25, 0.3) is 5.82 Å². The number of hydrogen-bond acceptors (Lipinski definition) is 5. The van der Waals surface area contributed by atoms with Gasteiger partial charge in [0.25, 0.3) is 5.91 Å². The lowest BCUT2D eigenvalue weighted by atomic mass is 10.2. The van der Waals surface area contributed by atoms with E-state index in [0.717, 1.165) is 41.6 Å². The summed E-state index contributed by atoms with van der Waals surface area (Å²) in [6.45, 7) is 12.2. The van der Waals surface area contributed by atoms with Gasteiger partial charge in [0.15, 0.2) is 5.82 Å². The topological polar surface area (TPSA) is 76.2 Å². The monoisotopic (exact) mass is 381 g/mol. The second kappa shape index (κ2) is 8.29. The van der Waals surface area contributed by atoms with Crippen molar-refractivity contribution in [1.82, 2.24) is 20.0 Å². The first-order valence-corrected chi connectivity index (χ1v) is 9.55. The molecule has 7 heteroatoms. The summed E-state index contributed by atoms with van der Waals surface area (Å²) in [5.74, 6) is 2.25. The van der Waals surface area contributed by atoms with Crippen LogP contribution >= 0.6 is 0 Å². The van der Waals surface area contributed by atoms with Crippen LogP contribution in [-0.2, 0) is 6.54 Å². The summed E-state index contributed by atoms with van der Waals surface area (Å²) in [5, 5.41) is 7.03. The Balaban J connectivity index is 1.70. The molecule has 0 spiro atoms. The van der Waals surface area contributed by atoms with Crippen LogP contribution in [0.3, 0.4) is 0 Å². The molecule has 0 aliphatic carbocycles. The Hall–Kier alpha value is -3.09.